The predicted molar refractivity (Wildman–Crippen MR) is 116 cm³/mol. The maximum atomic E-state index is 13.1. The number of carbonyl (C=O) groups excluding carboxylic acids is 3. The van der Waals surface area contributed by atoms with Crippen molar-refractivity contribution in [2.75, 3.05) is 26.2 Å². The van der Waals surface area contributed by atoms with Crippen LogP contribution in [0.15, 0.2) is 17.5 Å². The Labute approximate surface area is 177 Å². The lowest BCUT2D eigenvalue weighted by Crippen LogP contribution is -2.56. The Morgan fingerprint density at radius 3 is 2.31 bits per heavy atom. The third-order valence-electron chi connectivity index (χ3n) is 5.15. The van der Waals surface area contributed by atoms with Crippen LogP contribution in [0, 0.1) is 5.92 Å². The van der Waals surface area contributed by atoms with Crippen LogP contribution in [0.4, 0.5) is 4.79 Å². The number of nitrogens with zero attached hydrogens (tertiary/aromatic N) is 2. The Hall–Kier alpha value is -2.09. The molecule has 0 saturated carbocycles. The normalized spacial score (nSPS) is 16.2. The van der Waals surface area contributed by atoms with Gasteiger partial charge in [-0.05, 0) is 64.8 Å². The Morgan fingerprint density at radius 2 is 1.83 bits per heavy atom. The average Bonchev–Trinajstić information content (AvgIpc) is 3.20. The summed E-state index contributed by atoms with van der Waals surface area (Å²) >= 11 is 1.36. The summed E-state index contributed by atoms with van der Waals surface area (Å²) < 4.78 is 0. The quantitative estimate of drug-likeness (QED) is 0.740. The number of carbonyl (C=O) groups is 3. The second-order valence-electron chi connectivity index (χ2n) is 8.44. The van der Waals surface area contributed by atoms with E-state index in [1.54, 1.807) is 15.9 Å². The summed E-state index contributed by atoms with van der Waals surface area (Å²) in [5.74, 6) is -0.249. The zero-order valence-electron chi connectivity index (χ0n) is 18.2. The van der Waals surface area contributed by atoms with Gasteiger partial charge in [0.15, 0.2) is 0 Å². The van der Waals surface area contributed by atoms with Crippen LogP contribution in [0.5, 0.6) is 0 Å². The largest absolute Gasteiger partial charge is 0.341 e. The van der Waals surface area contributed by atoms with Crippen molar-refractivity contribution in [2.45, 2.75) is 59.0 Å². The van der Waals surface area contributed by atoms with E-state index in [4.69, 9.17) is 0 Å². The van der Waals surface area contributed by atoms with Crippen molar-refractivity contribution in [2.24, 2.45) is 5.92 Å². The SMILES string of the molecule is CCN(CC)C(=O)C(NC(=O)c1cccs1)C1CCN(C(=O)NC(C)(C)C)CC1. The van der Waals surface area contributed by atoms with Crippen LogP contribution in [-0.2, 0) is 4.79 Å². The molecular formula is C21H34N4O3S. The number of nitrogens with one attached hydrogen (secondary N) is 2. The van der Waals surface area contributed by atoms with Gasteiger partial charge in [0.25, 0.3) is 5.91 Å². The highest BCUT2D eigenvalue weighted by molar-refractivity contribution is 7.12. The van der Waals surface area contributed by atoms with Crippen LogP contribution in [-0.4, -0.2) is 65.4 Å². The number of likely N-dealkylation sites (tertiary alicyclic amines) is 1. The smallest absolute Gasteiger partial charge is 0.317 e. The molecule has 8 heteroatoms. The number of amides is 4. The van der Waals surface area contributed by atoms with Crippen molar-refractivity contribution in [3.8, 4) is 0 Å². The standard InChI is InChI=1S/C21H34N4O3S/c1-6-24(7-2)19(27)17(22-18(26)16-9-8-14-29-16)15-10-12-25(13-11-15)20(28)23-21(3,4)5/h8-9,14-15,17H,6-7,10-13H2,1-5H3,(H,22,26)(H,23,28). The summed E-state index contributed by atoms with van der Waals surface area (Å²) in [6.45, 7) is 12.1. The molecular weight excluding hydrogens is 388 g/mol. The molecule has 162 valence electrons. The van der Waals surface area contributed by atoms with Crippen LogP contribution >= 0.6 is 11.3 Å². The van der Waals surface area contributed by atoms with Gasteiger partial charge in [0.2, 0.25) is 5.91 Å². The van der Waals surface area contributed by atoms with Crippen molar-refractivity contribution in [3.05, 3.63) is 22.4 Å². The molecule has 0 spiro atoms. The van der Waals surface area contributed by atoms with Crippen molar-refractivity contribution in [1.82, 2.24) is 20.4 Å². The summed E-state index contributed by atoms with van der Waals surface area (Å²) in [5.41, 5.74) is -0.288. The molecule has 1 saturated heterocycles. The highest BCUT2D eigenvalue weighted by atomic mass is 32.1. The van der Waals surface area contributed by atoms with E-state index >= 15 is 0 Å². The van der Waals surface area contributed by atoms with Crippen LogP contribution in [0.3, 0.4) is 0 Å². The predicted octanol–water partition coefficient (Wildman–Crippen LogP) is 2.94. The minimum Gasteiger partial charge on any atom is -0.341 e. The molecule has 1 unspecified atom stereocenters. The Balaban J connectivity index is 2.08. The highest BCUT2D eigenvalue weighted by Crippen LogP contribution is 2.23. The van der Waals surface area contributed by atoms with Crippen molar-refractivity contribution in [3.63, 3.8) is 0 Å². The van der Waals surface area contributed by atoms with Crippen LogP contribution in [0.1, 0.15) is 57.1 Å². The van der Waals surface area contributed by atoms with E-state index < -0.39 is 6.04 Å². The first kappa shape index (κ1) is 23.2. The fourth-order valence-electron chi connectivity index (χ4n) is 3.57. The Kier molecular flexibility index (Phi) is 8.07. The number of urea groups is 1. The molecule has 1 aliphatic heterocycles. The number of rotatable bonds is 6. The number of hydrogen-bond donors (Lipinski definition) is 2. The third kappa shape index (κ3) is 6.45. The number of piperidine rings is 1. The van der Waals surface area contributed by atoms with Gasteiger partial charge in [-0.25, -0.2) is 4.79 Å². The lowest BCUT2D eigenvalue weighted by molar-refractivity contribution is -0.134. The van der Waals surface area contributed by atoms with Crippen LogP contribution < -0.4 is 10.6 Å². The summed E-state index contributed by atoms with van der Waals surface area (Å²) in [6, 6.07) is 2.94. The number of likely N-dealkylation sites (N-methyl/N-ethyl adjacent to an activating group) is 1. The molecule has 2 heterocycles. The highest BCUT2D eigenvalue weighted by Gasteiger charge is 2.36. The van der Waals surface area contributed by atoms with E-state index in [2.05, 4.69) is 10.6 Å². The fourth-order valence-corrected chi connectivity index (χ4v) is 4.20. The van der Waals surface area contributed by atoms with Gasteiger partial charge >= 0.3 is 6.03 Å². The zero-order valence-corrected chi connectivity index (χ0v) is 19.0. The first-order valence-electron chi connectivity index (χ1n) is 10.4. The van der Waals surface area contributed by atoms with Crippen molar-refractivity contribution in [1.29, 1.82) is 0 Å². The second kappa shape index (κ2) is 10.1. The molecule has 1 aromatic heterocycles. The molecule has 0 radical (unpaired) electrons. The lowest BCUT2D eigenvalue weighted by Gasteiger charge is -2.38. The minimum atomic E-state index is -0.572. The summed E-state index contributed by atoms with van der Waals surface area (Å²) in [6.07, 6.45) is 1.36. The van der Waals surface area contributed by atoms with Gasteiger partial charge in [-0.3, -0.25) is 9.59 Å². The molecule has 1 fully saturated rings. The van der Waals surface area contributed by atoms with Gasteiger partial charge in [-0.1, -0.05) is 6.07 Å². The van der Waals surface area contributed by atoms with E-state index in [9.17, 15) is 14.4 Å². The maximum absolute atomic E-state index is 13.1. The van der Waals surface area contributed by atoms with Crippen LogP contribution in [0.2, 0.25) is 0 Å². The molecule has 2 N–H and O–H groups in total. The van der Waals surface area contributed by atoms with Crippen molar-refractivity contribution < 1.29 is 14.4 Å². The van der Waals surface area contributed by atoms with Gasteiger partial charge in [-0.2, -0.15) is 0 Å². The topological polar surface area (TPSA) is 81.8 Å². The third-order valence-corrected chi connectivity index (χ3v) is 6.02. The molecule has 29 heavy (non-hydrogen) atoms. The monoisotopic (exact) mass is 422 g/mol. The van der Waals surface area contributed by atoms with Gasteiger partial charge < -0.3 is 20.4 Å². The van der Waals surface area contributed by atoms with Crippen molar-refractivity contribution >= 4 is 29.2 Å². The summed E-state index contributed by atoms with van der Waals surface area (Å²) in [5, 5.41) is 7.82. The molecule has 0 aliphatic carbocycles. The zero-order chi connectivity index (χ0) is 21.6. The molecule has 0 bridgehead atoms. The van der Waals surface area contributed by atoms with Gasteiger partial charge in [0.05, 0.1) is 4.88 Å². The molecule has 0 aromatic carbocycles. The second-order valence-corrected chi connectivity index (χ2v) is 9.39. The fraction of sp³-hybridized carbons (Fsp3) is 0.667. The summed E-state index contributed by atoms with van der Waals surface area (Å²) in [7, 11) is 0. The average molecular weight is 423 g/mol. The minimum absolute atomic E-state index is 0.00528. The molecule has 7 nitrogen and oxygen atoms in total. The molecule has 1 atom stereocenters. The van der Waals surface area contributed by atoms with E-state index in [-0.39, 0.29) is 29.3 Å². The van der Waals surface area contributed by atoms with Gasteiger partial charge in [-0.15, -0.1) is 11.3 Å². The molecule has 1 aliphatic rings. The molecule has 4 amide bonds. The van der Waals surface area contributed by atoms with E-state index in [0.29, 0.717) is 43.9 Å². The van der Waals surface area contributed by atoms with Crippen LogP contribution in [0.25, 0.3) is 0 Å². The van der Waals surface area contributed by atoms with Gasteiger partial charge in [0.1, 0.15) is 6.04 Å². The first-order chi connectivity index (χ1) is 13.7. The maximum Gasteiger partial charge on any atom is 0.317 e. The number of hydrogen-bond acceptors (Lipinski definition) is 4. The van der Waals surface area contributed by atoms with E-state index in [1.807, 2.05) is 46.1 Å². The van der Waals surface area contributed by atoms with Gasteiger partial charge in [0, 0.05) is 31.7 Å². The van der Waals surface area contributed by atoms with E-state index in [0.717, 1.165) is 0 Å². The first-order valence-corrected chi connectivity index (χ1v) is 11.2. The summed E-state index contributed by atoms with van der Waals surface area (Å²) in [4.78, 5) is 42.4. The molecule has 1 aromatic rings. The molecule has 2 rings (SSSR count). The lowest BCUT2D eigenvalue weighted by atomic mass is 9.88. The van der Waals surface area contributed by atoms with E-state index in [1.165, 1.54) is 11.3 Å². The Morgan fingerprint density at radius 1 is 1.21 bits per heavy atom. The Bertz CT molecular complexity index is 687. The number of thiophene rings is 1.